The summed E-state index contributed by atoms with van der Waals surface area (Å²) in [6.07, 6.45) is 0.986. The van der Waals surface area contributed by atoms with Crippen molar-refractivity contribution >= 4 is 11.6 Å². The standard InChI is InChI=1S/C21H28N2O3/c1-4-13-23(14-15-26-19-11-9-18(25-3)10-12-19)16-21(24)22-20-8-6-5-7-17(20)2/h5-12H,4,13-16H2,1-3H3,(H,22,24). The van der Waals surface area contributed by atoms with Gasteiger partial charge >= 0.3 is 0 Å². The molecule has 0 spiro atoms. The average Bonchev–Trinajstić information content (AvgIpc) is 2.64. The first-order valence-corrected chi connectivity index (χ1v) is 8.97. The maximum atomic E-state index is 12.3. The van der Waals surface area contributed by atoms with Gasteiger partial charge in [0.25, 0.3) is 0 Å². The van der Waals surface area contributed by atoms with Gasteiger partial charge in [-0.2, -0.15) is 0 Å². The molecule has 0 aromatic heterocycles. The van der Waals surface area contributed by atoms with Crippen molar-refractivity contribution in [3.8, 4) is 11.5 Å². The lowest BCUT2D eigenvalue weighted by Gasteiger charge is -2.21. The second kappa shape index (κ2) is 10.5. The maximum Gasteiger partial charge on any atom is 0.238 e. The zero-order valence-electron chi connectivity index (χ0n) is 15.8. The number of rotatable bonds is 10. The van der Waals surface area contributed by atoms with Crippen LogP contribution in [0.2, 0.25) is 0 Å². The molecule has 0 bridgehead atoms. The maximum absolute atomic E-state index is 12.3. The second-order valence-corrected chi connectivity index (χ2v) is 6.16. The third kappa shape index (κ3) is 6.41. The van der Waals surface area contributed by atoms with Gasteiger partial charge in [0.15, 0.2) is 0 Å². The van der Waals surface area contributed by atoms with Crippen molar-refractivity contribution < 1.29 is 14.3 Å². The van der Waals surface area contributed by atoms with E-state index in [9.17, 15) is 4.79 Å². The highest BCUT2D eigenvalue weighted by molar-refractivity contribution is 5.92. The van der Waals surface area contributed by atoms with E-state index in [4.69, 9.17) is 9.47 Å². The van der Waals surface area contributed by atoms with Crippen LogP contribution in [0.3, 0.4) is 0 Å². The fourth-order valence-corrected chi connectivity index (χ4v) is 2.66. The molecular formula is C21H28N2O3. The molecule has 0 saturated carbocycles. The minimum atomic E-state index is -0.00259. The smallest absolute Gasteiger partial charge is 0.238 e. The highest BCUT2D eigenvalue weighted by atomic mass is 16.5. The number of methoxy groups -OCH3 is 1. The number of para-hydroxylation sites is 1. The number of nitrogens with zero attached hydrogens (tertiary/aromatic N) is 1. The Balaban J connectivity index is 1.81. The van der Waals surface area contributed by atoms with Gasteiger partial charge in [-0.1, -0.05) is 25.1 Å². The Labute approximate surface area is 155 Å². The van der Waals surface area contributed by atoms with E-state index < -0.39 is 0 Å². The van der Waals surface area contributed by atoms with Crippen LogP contribution in [-0.4, -0.2) is 44.2 Å². The lowest BCUT2D eigenvalue weighted by Crippen LogP contribution is -2.36. The van der Waals surface area contributed by atoms with E-state index in [1.807, 2.05) is 55.5 Å². The lowest BCUT2D eigenvalue weighted by molar-refractivity contribution is -0.117. The number of hydrogen-bond acceptors (Lipinski definition) is 4. The number of carbonyl (C=O) groups excluding carboxylic acids is 1. The summed E-state index contributed by atoms with van der Waals surface area (Å²) in [6, 6.07) is 15.3. The fourth-order valence-electron chi connectivity index (χ4n) is 2.66. The van der Waals surface area contributed by atoms with Crippen LogP contribution in [0.5, 0.6) is 11.5 Å². The van der Waals surface area contributed by atoms with Crippen molar-refractivity contribution in [3.63, 3.8) is 0 Å². The summed E-state index contributed by atoms with van der Waals surface area (Å²) in [5.74, 6) is 1.60. The van der Waals surface area contributed by atoms with E-state index >= 15 is 0 Å². The van der Waals surface area contributed by atoms with Crippen molar-refractivity contribution in [1.29, 1.82) is 0 Å². The summed E-state index contributed by atoms with van der Waals surface area (Å²) in [5, 5.41) is 2.98. The number of hydrogen-bond donors (Lipinski definition) is 1. The monoisotopic (exact) mass is 356 g/mol. The van der Waals surface area contributed by atoms with E-state index in [-0.39, 0.29) is 5.91 Å². The van der Waals surface area contributed by atoms with E-state index in [1.165, 1.54) is 0 Å². The van der Waals surface area contributed by atoms with Crippen LogP contribution in [-0.2, 0) is 4.79 Å². The molecule has 5 nitrogen and oxygen atoms in total. The minimum Gasteiger partial charge on any atom is -0.497 e. The molecule has 2 rings (SSSR count). The van der Waals surface area contributed by atoms with E-state index in [0.717, 1.165) is 35.7 Å². The number of ether oxygens (including phenoxy) is 2. The molecule has 0 heterocycles. The molecule has 1 amide bonds. The number of anilines is 1. The highest BCUT2D eigenvalue weighted by Crippen LogP contribution is 2.17. The third-order valence-electron chi connectivity index (χ3n) is 4.06. The van der Waals surface area contributed by atoms with Crippen LogP contribution in [0.1, 0.15) is 18.9 Å². The molecule has 0 aliphatic rings. The summed E-state index contributed by atoms with van der Waals surface area (Å²) >= 11 is 0. The van der Waals surface area contributed by atoms with Gasteiger partial charge in [0.05, 0.1) is 13.7 Å². The molecule has 0 aliphatic heterocycles. The summed E-state index contributed by atoms with van der Waals surface area (Å²) < 4.78 is 10.9. The van der Waals surface area contributed by atoms with Gasteiger partial charge in [-0.15, -0.1) is 0 Å². The van der Waals surface area contributed by atoms with Gasteiger partial charge < -0.3 is 14.8 Å². The first-order valence-electron chi connectivity index (χ1n) is 8.97. The Bertz CT molecular complexity index is 686. The first-order chi connectivity index (χ1) is 12.6. The largest absolute Gasteiger partial charge is 0.497 e. The molecule has 0 radical (unpaired) electrons. The van der Waals surface area contributed by atoms with Crippen LogP contribution >= 0.6 is 0 Å². The molecule has 140 valence electrons. The summed E-state index contributed by atoms with van der Waals surface area (Å²) in [5.41, 5.74) is 1.93. The molecule has 0 fully saturated rings. The molecule has 0 unspecified atom stereocenters. The summed E-state index contributed by atoms with van der Waals surface area (Å²) in [6.45, 7) is 6.53. The zero-order valence-corrected chi connectivity index (χ0v) is 15.8. The van der Waals surface area contributed by atoms with Crippen molar-refractivity contribution in [2.24, 2.45) is 0 Å². The summed E-state index contributed by atoms with van der Waals surface area (Å²) in [4.78, 5) is 14.5. The van der Waals surface area contributed by atoms with Gasteiger partial charge in [-0.3, -0.25) is 9.69 Å². The molecule has 0 aliphatic carbocycles. The van der Waals surface area contributed by atoms with E-state index in [2.05, 4.69) is 17.1 Å². The van der Waals surface area contributed by atoms with Crippen molar-refractivity contribution in [1.82, 2.24) is 4.90 Å². The molecular weight excluding hydrogens is 328 g/mol. The zero-order chi connectivity index (χ0) is 18.8. The first kappa shape index (κ1) is 19.8. The van der Waals surface area contributed by atoms with Gasteiger partial charge in [0.2, 0.25) is 5.91 Å². The molecule has 2 aromatic carbocycles. The molecule has 0 atom stereocenters. The summed E-state index contributed by atoms with van der Waals surface area (Å²) in [7, 11) is 1.64. The normalized spacial score (nSPS) is 10.6. The SMILES string of the molecule is CCCN(CCOc1ccc(OC)cc1)CC(=O)Nc1ccccc1C. The minimum absolute atomic E-state index is 0.00259. The van der Waals surface area contributed by atoms with Crippen LogP contribution in [0.15, 0.2) is 48.5 Å². The number of nitrogens with one attached hydrogen (secondary N) is 1. The number of aryl methyl sites for hydroxylation is 1. The van der Waals surface area contributed by atoms with E-state index in [0.29, 0.717) is 19.7 Å². The number of amides is 1. The highest BCUT2D eigenvalue weighted by Gasteiger charge is 2.11. The predicted octanol–water partition coefficient (Wildman–Crippen LogP) is 3.73. The van der Waals surface area contributed by atoms with Gasteiger partial charge in [-0.05, 0) is 55.8 Å². The number of benzene rings is 2. The Hall–Kier alpha value is -2.53. The Morgan fingerprint density at radius 1 is 1.04 bits per heavy atom. The molecule has 26 heavy (non-hydrogen) atoms. The molecule has 0 saturated heterocycles. The van der Waals surface area contributed by atoms with Crippen LogP contribution in [0.25, 0.3) is 0 Å². The second-order valence-electron chi connectivity index (χ2n) is 6.16. The van der Waals surface area contributed by atoms with Crippen LogP contribution < -0.4 is 14.8 Å². The average molecular weight is 356 g/mol. The molecule has 2 aromatic rings. The van der Waals surface area contributed by atoms with Crippen molar-refractivity contribution in [2.45, 2.75) is 20.3 Å². The van der Waals surface area contributed by atoms with Crippen LogP contribution in [0.4, 0.5) is 5.69 Å². The van der Waals surface area contributed by atoms with Gasteiger partial charge in [-0.25, -0.2) is 0 Å². The third-order valence-corrected chi connectivity index (χ3v) is 4.06. The fraction of sp³-hybridized carbons (Fsp3) is 0.381. The van der Waals surface area contributed by atoms with Crippen molar-refractivity contribution in [3.05, 3.63) is 54.1 Å². The van der Waals surface area contributed by atoms with Crippen LogP contribution in [0, 0.1) is 6.92 Å². The van der Waals surface area contributed by atoms with Gasteiger partial charge in [0, 0.05) is 12.2 Å². The Kier molecular flexibility index (Phi) is 7.96. The Morgan fingerprint density at radius 2 is 1.73 bits per heavy atom. The van der Waals surface area contributed by atoms with Crippen molar-refractivity contribution in [2.75, 3.05) is 38.7 Å². The number of carbonyl (C=O) groups is 1. The van der Waals surface area contributed by atoms with Gasteiger partial charge in [0.1, 0.15) is 18.1 Å². The molecule has 5 heteroatoms. The quantitative estimate of drug-likeness (QED) is 0.705. The van der Waals surface area contributed by atoms with E-state index in [1.54, 1.807) is 7.11 Å². The lowest BCUT2D eigenvalue weighted by atomic mass is 10.2. The topological polar surface area (TPSA) is 50.8 Å². The predicted molar refractivity (Wildman–Crippen MR) is 105 cm³/mol. The Morgan fingerprint density at radius 3 is 2.38 bits per heavy atom. The molecule has 1 N–H and O–H groups in total.